The van der Waals surface area contributed by atoms with Crippen molar-refractivity contribution in [3.8, 4) is 0 Å². The molecule has 21 heavy (non-hydrogen) atoms. The Hall–Kier alpha value is 0.540. The summed E-state index contributed by atoms with van der Waals surface area (Å²) in [7, 11) is -0.615. The predicted molar refractivity (Wildman–Crippen MR) is 94.9 cm³/mol. The van der Waals surface area contributed by atoms with Crippen molar-refractivity contribution in [1.29, 1.82) is 0 Å². The fourth-order valence-corrected chi connectivity index (χ4v) is 11.2. The molecule has 6 heteroatoms. The molecule has 130 valence electrons. The number of hydrogen-bond donors (Lipinski definition) is 0. The molecule has 0 saturated heterocycles. The van der Waals surface area contributed by atoms with Crippen molar-refractivity contribution in [2.45, 2.75) is 59.3 Å². The number of unbranched alkanes of at least 4 members (excludes halogenated alkanes) is 3. The van der Waals surface area contributed by atoms with Crippen LogP contribution in [0.4, 0.5) is 0 Å². The van der Waals surface area contributed by atoms with Gasteiger partial charge in [-0.15, -0.1) is 0 Å². The van der Waals surface area contributed by atoms with Crippen LogP contribution >= 0.6 is 14.7 Å². The molecule has 0 aromatic carbocycles. The second kappa shape index (κ2) is 9.63. The van der Waals surface area contributed by atoms with Crippen molar-refractivity contribution in [3.63, 3.8) is 0 Å². The van der Waals surface area contributed by atoms with E-state index in [1.54, 1.807) is 0 Å². The summed E-state index contributed by atoms with van der Waals surface area (Å²) in [5.41, 5.74) is 0. The first-order valence-corrected chi connectivity index (χ1v) is 12.9. The van der Waals surface area contributed by atoms with Crippen LogP contribution in [-0.4, -0.2) is 39.4 Å². The van der Waals surface area contributed by atoms with Gasteiger partial charge in [0.25, 0.3) is 0 Å². The molecular formula is C15H36O4P2. The molecule has 0 aromatic rings. The first-order valence-electron chi connectivity index (χ1n) is 8.25. The number of hydrogen-bond acceptors (Lipinski definition) is 4. The van der Waals surface area contributed by atoms with Gasteiger partial charge in [-0.2, -0.15) is 0 Å². The molecule has 0 rings (SSSR count). The van der Waals surface area contributed by atoms with Crippen molar-refractivity contribution >= 4 is 14.7 Å². The number of rotatable bonds is 13. The van der Waals surface area contributed by atoms with Gasteiger partial charge >= 0.3 is 131 Å². The van der Waals surface area contributed by atoms with Gasteiger partial charge in [-0.1, -0.05) is 0 Å². The summed E-state index contributed by atoms with van der Waals surface area (Å²) in [6.07, 6.45) is 9.73. The van der Waals surface area contributed by atoms with Gasteiger partial charge in [-0.3, -0.25) is 0 Å². The average Bonchev–Trinajstić information content (AvgIpc) is 2.50. The molecule has 0 heterocycles. The molecule has 0 aliphatic carbocycles. The first kappa shape index (κ1) is 21.5. The van der Waals surface area contributed by atoms with Gasteiger partial charge in [-0.05, 0) is 0 Å². The van der Waals surface area contributed by atoms with Gasteiger partial charge in [0.15, 0.2) is 0 Å². The third-order valence-corrected chi connectivity index (χ3v) is 12.7. The molecule has 0 aliphatic heterocycles. The Morgan fingerprint density at radius 2 is 1.14 bits per heavy atom. The van der Waals surface area contributed by atoms with Gasteiger partial charge in [0, 0.05) is 0 Å². The van der Waals surface area contributed by atoms with Crippen molar-refractivity contribution in [3.05, 3.63) is 0 Å². The second-order valence-electron chi connectivity index (χ2n) is 6.31. The summed E-state index contributed by atoms with van der Waals surface area (Å²) >= 11 is 0. The van der Waals surface area contributed by atoms with Crippen LogP contribution in [0, 0.1) is 0 Å². The molecule has 0 saturated carbocycles. The van der Waals surface area contributed by atoms with E-state index in [1.165, 1.54) is 14.2 Å². The van der Waals surface area contributed by atoms with E-state index in [0.29, 0.717) is 0 Å². The topological polar surface area (TPSA) is 44.8 Å². The van der Waals surface area contributed by atoms with Crippen molar-refractivity contribution < 1.29 is 17.9 Å². The molecule has 0 amide bonds. The van der Waals surface area contributed by atoms with Crippen LogP contribution in [0.25, 0.3) is 0 Å². The van der Waals surface area contributed by atoms with Gasteiger partial charge < -0.3 is 0 Å². The zero-order chi connectivity index (χ0) is 16.4. The molecule has 0 unspecified atom stereocenters. The SMILES string of the molecule is CCCCP(C)(CCCC)(CCCC)OP(=O)(OC)OC. The van der Waals surface area contributed by atoms with Crippen LogP contribution in [0.3, 0.4) is 0 Å². The van der Waals surface area contributed by atoms with E-state index in [-0.39, 0.29) is 0 Å². The first-order chi connectivity index (χ1) is 9.81. The molecule has 0 radical (unpaired) electrons. The summed E-state index contributed by atoms with van der Waals surface area (Å²) in [5, 5.41) is 0. The zero-order valence-corrected chi connectivity index (χ0v) is 16.7. The van der Waals surface area contributed by atoms with Gasteiger partial charge in [0.2, 0.25) is 0 Å². The Balaban J connectivity index is 5.46. The summed E-state index contributed by atoms with van der Waals surface area (Å²) in [5.74, 6) is 0. The van der Waals surface area contributed by atoms with Crippen LogP contribution in [0.15, 0.2) is 0 Å². The normalized spacial score (nSPS) is 14.9. The molecule has 0 bridgehead atoms. The number of phosphoric ester groups is 1. The maximum atomic E-state index is 12.6. The third-order valence-electron chi connectivity index (χ3n) is 4.23. The monoisotopic (exact) mass is 342 g/mol. The van der Waals surface area contributed by atoms with E-state index in [9.17, 15) is 4.57 Å². The molecule has 0 fully saturated rings. The molecule has 0 aromatic heterocycles. The predicted octanol–water partition coefficient (Wildman–Crippen LogP) is 5.90. The van der Waals surface area contributed by atoms with Crippen LogP contribution in [0.1, 0.15) is 59.3 Å². The summed E-state index contributed by atoms with van der Waals surface area (Å²) in [4.78, 5) is 0. The molecule has 4 nitrogen and oxygen atoms in total. The quantitative estimate of drug-likeness (QED) is 0.391. The van der Waals surface area contributed by atoms with Crippen LogP contribution in [0.2, 0.25) is 0 Å². The van der Waals surface area contributed by atoms with Crippen LogP contribution in [-0.2, 0) is 17.9 Å². The summed E-state index contributed by atoms with van der Waals surface area (Å²) < 4.78 is 29.1. The van der Waals surface area contributed by atoms with Crippen LogP contribution in [0.5, 0.6) is 0 Å². The minimum absolute atomic E-state index is 1.01. The molecule has 0 N–H and O–H groups in total. The Labute approximate surface area is 131 Å². The maximum absolute atomic E-state index is 12.6. The fourth-order valence-electron chi connectivity index (χ4n) is 2.72. The molecule has 0 aliphatic rings. The fraction of sp³-hybridized carbons (Fsp3) is 1.00. The Kier molecular flexibility index (Phi) is 9.88. The average molecular weight is 342 g/mol. The molecule has 0 spiro atoms. The van der Waals surface area contributed by atoms with Gasteiger partial charge in [0.1, 0.15) is 0 Å². The van der Waals surface area contributed by atoms with Gasteiger partial charge in [-0.25, -0.2) is 0 Å². The molecular weight excluding hydrogens is 306 g/mol. The minimum atomic E-state index is -3.43. The van der Waals surface area contributed by atoms with Crippen molar-refractivity contribution in [1.82, 2.24) is 0 Å². The van der Waals surface area contributed by atoms with E-state index in [2.05, 4.69) is 27.4 Å². The van der Waals surface area contributed by atoms with E-state index in [4.69, 9.17) is 13.4 Å². The Bertz CT molecular complexity index is 301. The zero-order valence-electron chi connectivity index (χ0n) is 14.9. The standard InChI is InChI=1S/C15H36O4P2/c1-7-10-13-21(6,14-11-8-2,15-12-9-3)19-20(16,17-4)18-5/h7-15H2,1-6H3. The summed E-state index contributed by atoms with van der Waals surface area (Å²) in [6, 6.07) is 0. The second-order valence-corrected chi connectivity index (χ2v) is 14.3. The Morgan fingerprint density at radius 1 is 0.810 bits per heavy atom. The van der Waals surface area contributed by atoms with Gasteiger partial charge in [0.05, 0.1) is 0 Å². The Morgan fingerprint density at radius 3 is 1.38 bits per heavy atom. The van der Waals surface area contributed by atoms with E-state index in [0.717, 1.165) is 57.0 Å². The summed E-state index contributed by atoms with van der Waals surface area (Å²) in [6.45, 7) is 6.27. The van der Waals surface area contributed by atoms with E-state index < -0.39 is 14.7 Å². The van der Waals surface area contributed by atoms with Crippen molar-refractivity contribution in [2.24, 2.45) is 0 Å². The number of phosphoric acid groups is 1. The third kappa shape index (κ3) is 7.10. The van der Waals surface area contributed by atoms with Crippen LogP contribution < -0.4 is 0 Å². The van der Waals surface area contributed by atoms with Crippen molar-refractivity contribution in [2.75, 3.05) is 39.4 Å². The molecule has 0 atom stereocenters. The van der Waals surface area contributed by atoms with E-state index in [1.807, 2.05) is 0 Å². The van der Waals surface area contributed by atoms with E-state index >= 15 is 0 Å².